The van der Waals surface area contributed by atoms with Crippen molar-refractivity contribution < 1.29 is 4.79 Å². The number of rotatable bonds is 2. The Morgan fingerprint density at radius 1 is 1.05 bits per heavy atom. The molecular formula is C16H13N5O. The van der Waals surface area contributed by atoms with Gasteiger partial charge in [0.15, 0.2) is 0 Å². The maximum absolute atomic E-state index is 11.1. The van der Waals surface area contributed by atoms with Crippen LogP contribution in [-0.4, -0.2) is 28.4 Å². The van der Waals surface area contributed by atoms with Crippen molar-refractivity contribution in [2.75, 3.05) is 6.54 Å². The maximum Gasteiger partial charge on any atom is 0.320 e. The molecule has 4 rings (SSSR count). The number of benzene rings is 2. The Balaban J connectivity index is 1.62. The van der Waals surface area contributed by atoms with E-state index in [1.807, 2.05) is 48.5 Å². The Morgan fingerprint density at radius 2 is 1.86 bits per heavy atom. The lowest BCUT2D eigenvalue weighted by molar-refractivity contribution is 0.249. The number of fused-ring (bicyclic) bond motifs is 1. The van der Waals surface area contributed by atoms with E-state index in [-0.39, 0.29) is 6.03 Å². The van der Waals surface area contributed by atoms with Gasteiger partial charge in [0.1, 0.15) is 11.7 Å². The molecule has 2 heterocycles. The number of carbonyl (C=O) groups excluding carboxylic acids is 1. The molecule has 3 aromatic rings. The highest BCUT2D eigenvalue weighted by molar-refractivity contribution is 6.05. The molecule has 1 aromatic heterocycles. The van der Waals surface area contributed by atoms with Gasteiger partial charge in [-0.05, 0) is 36.4 Å². The fourth-order valence-corrected chi connectivity index (χ4v) is 2.39. The van der Waals surface area contributed by atoms with Crippen molar-refractivity contribution in [2.24, 2.45) is 4.99 Å². The van der Waals surface area contributed by atoms with E-state index in [2.05, 4.69) is 25.6 Å². The van der Waals surface area contributed by atoms with E-state index in [0.29, 0.717) is 12.4 Å². The highest BCUT2D eigenvalue weighted by Gasteiger charge is 2.13. The lowest BCUT2D eigenvalue weighted by Gasteiger charge is -1.99. The molecule has 0 spiro atoms. The van der Waals surface area contributed by atoms with Gasteiger partial charge in [-0.3, -0.25) is 5.32 Å². The number of carbonyl (C=O) groups is 1. The molecule has 1 fully saturated rings. The summed E-state index contributed by atoms with van der Waals surface area (Å²) in [4.78, 5) is 23.3. The molecule has 1 aliphatic heterocycles. The summed E-state index contributed by atoms with van der Waals surface area (Å²) in [6.07, 6.45) is 0. The van der Waals surface area contributed by atoms with Gasteiger partial charge >= 0.3 is 6.03 Å². The van der Waals surface area contributed by atoms with Crippen LogP contribution in [0.2, 0.25) is 0 Å². The fourth-order valence-electron chi connectivity index (χ4n) is 2.39. The van der Waals surface area contributed by atoms with Crippen molar-refractivity contribution in [2.45, 2.75) is 0 Å². The van der Waals surface area contributed by atoms with Crippen LogP contribution in [0, 0.1) is 0 Å². The quantitative estimate of drug-likeness (QED) is 0.678. The zero-order valence-corrected chi connectivity index (χ0v) is 11.6. The van der Waals surface area contributed by atoms with Crippen LogP contribution in [0.3, 0.4) is 0 Å². The number of imidazole rings is 1. The molecule has 108 valence electrons. The smallest absolute Gasteiger partial charge is 0.320 e. The van der Waals surface area contributed by atoms with Crippen LogP contribution in [0.15, 0.2) is 53.5 Å². The lowest BCUT2D eigenvalue weighted by Crippen LogP contribution is -2.22. The zero-order chi connectivity index (χ0) is 14.9. The minimum Gasteiger partial charge on any atom is -0.338 e. The second kappa shape index (κ2) is 5.00. The monoisotopic (exact) mass is 291 g/mol. The number of amidine groups is 1. The Bertz CT molecular complexity index is 846. The number of nitrogens with zero attached hydrogens (tertiary/aromatic N) is 2. The number of amides is 2. The number of H-pyrrole nitrogens is 1. The highest BCUT2D eigenvalue weighted by Crippen LogP contribution is 2.23. The Labute approximate surface area is 126 Å². The Morgan fingerprint density at radius 3 is 2.59 bits per heavy atom. The van der Waals surface area contributed by atoms with Crippen molar-refractivity contribution in [1.82, 2.24) is 20.6 Å². The van der Waals surface area contributed by atoms with Crippen LogP contribution in [0.4, 0.5) is 10.5 Å². The molecule has 0 saturated carbocycles. The van der Waals surface area contributed by atoms with Gasteiger partial charge in [0.05, 0.1) is 23.3 Å². The number of nitrogens with one attached hydrogen (secondary N) is 3. The minimum absolute atomic E-state index is 0.211. The minimum atomic E-state index is -0.211. The van der Waals surface area contributed by atoms with E-state index in [1.165, 1.54) is 0 Å². The van der Waals surface area contributed by atoms with Gasteiger partial charge < -0.3 is 10.3 Å². The van der Waals surface area contributed by atoms with Gasteiger partial charge in [-0.25, -0.2) is 14.8 Å². The Hall–Kier alpha value is -3.15. The predicted octanol–water partition coefficient (Wildman–Crippen LogP) is 2.57. The van der Waals surface area contributed by atoms with Gasteiger partial charge in [0.2, 0.25) is 0 Å². The molecule has 0 aliphatic carbocycles. The number of hydrogen-bond acceptors (Lipinski definition) is 3. The van der Waals surface area contributed by atoms with E-state index in [9.17, 15) is 4.79 Å². The van der Waals surface area contributed by atoms with Crippen LogP contribution in [0.1, 0.15) is 0 Å². The first-order valence-corrected chi connectivity index (χ1v) is 6.95. The number of hydrogen-bond donors (Lipinski definition) is 3. The van der Waals surface area contributed by atoms with Gasteiger partial charge in [0.25, 0.3) is 0 Å². The van der Waals surface area contributed by atoms with Crippen LogP contribution in [0.5, 0.6) is 0 Å². The van der Waals surface area contributed by atoms with Gasteiger partial charge in [-0.2, -0.15) is 0 Å². The molecule has 3 N–H and O–H groups in total. The van der Waals surface area contributed by atoms with E-state index < -0.39 is 0 Å². The van der Waals surface area contributed by atoms with Gasteiger partial charge in [-0.1, -0.05) is 12.1 Å². The molecule has 2 aromatic carbocycles. The van der Waals surface area contributed by atoms with Gasteiger partial charge in [-0.15, -0.1) is 0 Å². The van der Waals surface area contributed by atoms with Crippen LogP contribution in [-0.2, 0) is 0 Å². The zero-order valence-electron chi connectivity index (χ0n) is 11.6. The first-order chi connectivity index (χ1) is 10.8. The van der Waals surface area contributed by atoms with E-state index in [4.69, 9.17) is 0 Å². The van der Waals surface area contributed by atoms with Crippen molar-refractivity contribution in [3.05, 3.63) is 48.5 Å². The largest absolute Gasteiger partial charge is 0.338 e. The third-order valence-corrected chi connectivity index (χ3v) is 3.47. The summed E-state index contributed by atoms with van der Waals surface area (Å²) in [6.45, 7) is 0.435. The molecule has 0 bridgehead atoms. The third-order valence-electron chi connectivity index (χ3n) is 3.47. The van der Waals surface area contributed by atoms with Crippen LogP contribution < -0.4 is 10.6 Å². The van der Waals surface area contributed by atoms with E-state index in [1.54, 1.807) is 0 Å². The Kier molecular flexibility index (Phi) is 2.86. The molecular weight excluding hydrogens is 278 g/mol. The molecule has 0 radical (unpaired) electrons. The predicted molar refractivity (Wildman–Crippen MR) is 85.2 cm³/mol. The van der Waals surface area contributed by atoms with Gasteiger partial charge in [0, 0.05) is 5.56 Å². The molecule has 2 amide bonds. The van der Waals surface area contributed by atoms with Crippen molar-refractivity contribution >= 4 is 28.6 Å². The second-order valence-electron chi connectivity index (χ2n) is 5.02. The summed E-state index contributed by atoms with van der Waals surface area (Å²) in [5.41, 5.74) is 3.75. The summed E-state index contributed by atoms with van der Waals surface area (Å²) in [7, 11) is 0. The molecule has 1 saturated heterocycles. The molecule has 22 heavy (non-hydrogen) atoms. The lowest BCUT2D eigenvalue weighted by atomic mass is 10.2. The topological polar surface area (TPSA) is 82.2 Å². The number of aliphatic imine (C=N–C) groups is 1. The fraction of sp³-hybridized carbons (Fsp3) is 0.0625. The highest BCUT2D eigenvalue weighted by atomic mass is 16.2. The summed E-state index contributed by atoms with van der Waals surface area (Å²) in [5.74, 6) is 1.46. The molecule has 0 unspecified atom stereocenters. The first kappa shape index (κ1) is 12.6. The number of para-hydroxylation sites is 2. The van der Waals surface area contributed by atoms with Crippen molar-refractivity contribution in [3.8, 4) is 11.4 Å². The summed E-state index contributed by atoms with van der Waals surface area (Å²) in [6, 6.07) is 15.4. The van der Waals surface area contributed by atoms with E-state index >= 15 is 0 Å². The third kappa shape index (κ3) is 2.31. The average Bonchev–Trinajstić information content (AvgIpc) is 3.14. The number of aromatic amines is 1. The average molecular weight is 291 g/mol. The molecule has 1 aliphatic rings. The summed E-state index contributed by atoms with van der Waals surface area (Å²) < 4.78 is 0. The standard InChI is InChI=1S/C16H13N5O/c22-16-17-9-14(21-16)18-11-7-5-10(6-8-11)15-19-12-3-1-2-4-13(12)20-15/h1-8H,9H2,(H,19,20)(H2,17,18,21,22). The summed E-state index contributed by atoms with van der Waals surface area (Å²) in [5, 5.41) is 5.29. The first-order valence-electron chi connectivity index (χ1n) is 6.95. The van der Waals surface area contributed by atoms with Crippen molar-refractivity contribution in [1.29, 1.82) is 0 Å². The SMILES string of the molecule is O=C1NCC(=Nc2ccc(-c3nc4ccccc4[nH]3)cc2)N1. The molecule has 0 atom stereocenters. The number of aromatic nitrogens is 2. The number of urea groups is 1. The van der Waals surface area contributed by atoms with Crippen molar-refractivity contribution in [3.63, 3.8) is 0 Å². The van der Waals surface area contributed by atoms with Crippen LogP contribution in [0.25, 0.3) is 22.4 Å². The summed E-state index contributed by atoms with van der Waals surface area (Å²) >= 11 is 0. The van der Waals surface area contributed by atoms with E-state index in [0.717, 1.165) is 28.1 Å². The second-order valence-corrected chi connectivity index (χ2v) is 5.02. The maximum atomic E-state index is 11.1. The molecule has 6 nitrogen and oxygen atoms in total. The van der Waals surface area contributed by atoms with Crippen LogP contribution >= 0.6 is 0 Å². The molecule has 6 heteroatoms. The normalized spacial score (nSPS) is 16.0.